The van der Waals surface area contributed by atoms with E-state index >= 15 is 0 Å². The molecular weight excluding hydrogens is 564 g/mol. The Kier molecular flexibility index (Phi) is 19.1. The molecule has 1 unspecified atom stereocenters. The predicted molar refractivity (Wildman–Crippen MR) is 144 cm³/mol. The van der Waals surface area contributed by atoms with E-state index in [0.717, 1.165) is 11.6 Å². The number of aryl methyl sites for hydroxylation is 2. The molecule has 1 saturated carbocycles. The molecule has 0 aromatic heterocycles. The number of methoxy groups -OCH3 is 1. The van der Waals surface area contributed by atoms with Gasteiger partial charge in [0, 0.05) is 6.42 Å². The third-order valence-corrected chi connectivity index (χ3v) is 4.76. The second-order valence-corrected chi connectivity index (χ2v) is 7.77. The van der Waals surface area contributed by atoms with Crippen molar-refractivity contribution in [3.63, 3.8) is 0 Å². The first-order valence-electron chi connectivity index (χ1n) is 13.3. The van der Waals surface area contributed by atoms with Crippen LogP contribution in [-0.4, -0.2) is 39.2 Å². The number of benzene rings is 2. The summed E-state index contributed by atoms with van der Waals surface area (Å²) in [6.45, 7) is 14.3. The van der Waals surface area contributed by atoms with Gasteiger partial charge in [0.05, 0.1) is 31.8 Å². The fraction of sp³-hybridized carbons (Fsp3) is 0.586. The first-order valence-corrected chi connectivity index (χ1v) is 13.3. The quantitative estimate of drug-likeness (QED) is 0.221. The second kappa shape index (κ2) is 19.4. The lowest BCUT2D eigenvalue weighted by molar-refractivity contribution is -0.325. The van der Waals surface area contributed by atoms with Crippen molar-refractivity contribution in [1.29, 1.82) is 0 Å². The predicted octanol–water partition coefficient (Wildman–Crippen LogP) is 10.0. The first-order chi connectivity index (χ1) is 19.1. The minimum atomic E-state index is -4.62. The van der Waals surface area contributed by atoms with Gasteiger partial charge in [0.2, 0.25) is 0 Å². The summed E-state index contributed by atoms with van der Waals surface area (Å²) in [4.78, 5) is 0. The maximum atomic E-state index is 12.7. The lowest BCUT2D eigenvalue weighted by Crippen LogP contribution is -2.18. The van der Waals surface area contributed by atoms with Gasteiger partial charge in [-0.1, -0.05) is 59.2 Å². The van der Waals surface area contributed by atoms with E-state index in [-0.39, 0.29) is 19.6 Å². The topological polar surface area (TPSA) is 36.9 Å². The molecule has 0 amide bonds. The van der Waals surface area contributed by atoms with Gasteiger partial charge >= 0.3 is 12.5 Å². The lowest BCUT2D eigenvalue weighted by atomic mass is 10.1. The number of halogens is 8. The molecule has 1 aliphatic carbocycles. The highest BCUT2D eigenvalue weighted by Gasteiger charge is 2.57. The molecule has 0 spiro atoms. The Hall–Kier alpha value is -2.76. The van der Waals surface area contributed by atoms with E-state index < -0.39 is 42.3 Å². The standard InChI is InChI=1S/C12H11F5O.C11H13F3O3.3C2H6/c1-7-2-3-10(9(4-7)12(15,16)17)18-6-8-5-11(8,13)14;1-8-3-4-9(10(7-8)15-2)16-5-6-17-11(12,13)14;3*1-2/h2-4,8H,5-6H2,1H3;3-4,7H,5-6H2,1-2H3;3*1-2H3. The Morgan fingerprint density at radius 3 is 1.66 bits per heavy atom. The molecule has 0 heterocycles. The molecule has 2 aromatic carbocycles. The van der Waals surface area contributed by atoms with Gasteiger partial charge in [-0.3, -0.25) is 4.74 Å². The first kappa shape index (κ1) is 40.4. The van der Waals surface area contributed by atoms with Crippen molar-refractivity contribution in [3.05, 3.63) is 53.1 Å². The second-order valence-electron chi connectivity index (χ2n) is 7.77. The summed E-state index contributed by atoms with van der Waals surface area (Å²) in [7, 11) is 1.47. The minimum absolute atomic E-state index is 0.196. The molecule has 12 heteroatoms. The SMILES string of the molecule is CC.CC.CC.COc1cc(C)ccc1OCCOC(F)(F)F.Cc1ccc(OCC2CC2(F)F)c(C(F)(F)F)c1. The third kappa shape index (κ3) is 16.3. The van der Waals surface area contributed by atoms with Gasteiger partial charge in [-0.05, 0) is 43.7 Å². The molecule has 0 N–H and O–H groups in total. The Morgan fingerprint density at radius 2 is 1.22 bits per heavy atom. The summed E-state index contributed by atoms with van der Waals surface area (Å²) in [5, 5.41) is 0. The number of alkyl halides is 8. The van der Waals surface area contributed by atoms with Gasteiger partial charge in [-0.15, -0.1) is 13.2 Å². The van der Waals surface area contributed by atoms with E-state index in [1.807, 2.05) is 48.5 Å². The van der Waals surface area contributed by atoms with Crippen LogP contribution in [0.25, 0.3) is 0 Å². The van der Waals surface area contributed by atoms with Crippen LogP contribution in [0.15, 0.2) is 36.4 Å². The van der Waals surface area contributed by atoms with Crippen molar-refractivity contribution < 1.29 is 54.1 Å². The van der Waals surface area contributed by atoms with E-state index in [0.29, 0.717) is 17.1 Å². The van der Waals surface area contributed by atoms with Crippen molar-refractivity contribution in [3.8, 4) is 17.2 Å². The number of hydrogen-bond acceptors (Lipinski definition) is 4. The van der Waals surface area contributed by atoms with E-state index in [2.05, 4.69) is 4.74 Å². The van der Waals surface area contributed by atoms with Crippen LogP contribution in [0.3, 0.4) is 0 Å². The summed E-state index contributed by atoms with van der Waals surface area (Å²) in [5.41, 5.74) is 0.485. The molecule has 0 radical (unpaired) electrons. The van der Waals surface area contributed by atoms with Gasteiger partial charge in [0.25, 0.3) is 5.92 Å². The van der Waals surface area contributed by atoms with Crippen LogP contribution in [0.2, 0.25) is 0 Å². The Balaban J connectivity index is 0. The van der Waals surface area contributed by atoms with Crippen LogP contribution in [0.5, 0.6) is 17.2 Å². The largest absolute Gasteiger partial charge is 0.522 e. The molecule has 41 heavy (non-hydrogen) atoms. The molecule has 4 nitrogen and oxygen atoms in total. The Bertz CT molecular complexity index is 976. The monoisotopic (exact) mass is 606 g/mol. The van der Waals surface area contributed by atoms with Gasteiger partial charge in [0.1, 0.15) is 12.4 Å². The molecule has 238 valence electrons. The smallest absolute Gasteiger partial charge is 0.493 e. The highest BCUT2D eigenvalue weighted by molar-refractivity contribution is 5.42. The molecule has 0 saturated heterocycles. The molecule has 1 atom stereocenters. The average Bonchev–Trinajstić information content (AvgIpc) is 3.55. The van der Waals surface area contributed by atoms with Crippen LogP contribution in [0, 0.1) is 19.8 Å². The van der Waals surface area contributed by atoms with Gasteiger partial charge in [-0.25, -0.2) is 8.78 Å². The van der Waals surface area contributed by atoms with Crippen molar-refractivity contribution >= 4 is 0 Å². The van der Waals surface area contributed by atoms with Crippen LogP contribution in [0.1, 0.15) is 64.7 Å². The summed E-state index contributed by atoms with van der Waals surface area (Å²) in [6.07, 6.45) is -9.49. The minimum Gasteiger partial charge on any atom is -0.493 e. The summed E-state index contributed by atoms with van der Waals surface area (Å²) >= 11 is 0. The number of rotatable bonds is 8. The fourth-order valence-corrected chi connectivity index (χ4v) is 2.84. The highest BCUT2D eigenvalue weighted by Crippen LogP contribution is 2.49. The van der Waals surface area contributed by atoms with Crippen molar-refractivity contribution in [2.75, 3.05) is 26.9 Å². The van der Waals surface area contributed by atoms with Crippen LogP contribution in [0.4, 0.5) is 35.1 Å². The van der Waals surface area contributed by atoms with E-state index in [4.69, 9.17) is 14.2 Å². The van der Waals surface area contributed by atoms with Crippen LogP contribution >= 0.6 is 0 Å². The Morgan fingerprint density at radius 1 is 0.732 bits per heavy atom. The molecule has 0 bridgehead atoms. The van der Waals surface area contributed by atoms with Crippen molar-refractivity contribution in [2.24, 2.45) is 5.92 Å². The van der Waals surface area contributed by atoms with Gasteiger partial charge in [0.15, 0.2) is 11.5 Å². The Labute approximate surface area is 237 Å². The normalized spacial score (nSPS) is 14.7. The lowest BCUT2D eigenvalue weighted by Gasteiger charge is -2.14. The number of hydrogen-bond donors (Lipinski definition) is 0. The molecular formula is C29H42F8O4. The molecule has 1 fully saturated rings. The van der Waals surface area contributed by atoms with Crippen LogP contribution in [-0.2, 0) is 10.9 Å². The zero-order chi connectivity index (χ0) is 32.4. The van der Waals surface area contributed by atoms with Crippen LogP contribution < -0.4 is 14.2 Å². The van der Waals surface area contributed by atoms with E-state index in [1.54, 1.807) is 18.2 Å². The number of ether oxygens (including phenoxy) is 4. The third-order valence-electron chi connectivity index (χ3n) is 4.76. The van der Waals surface area contributed by atoms with Gasteiger partial charge < -0.3 is 14.2 Å². The molecule has 2 aromatic rings. The fourth-order valence-electron chi connectivity index (χ4n) is 2.84. The van der Waals surface area contributed by atoms with Gasteiger partial charge in [-0.2, -0.15) is 13.2 Å². The highest BCUT2D eigenvalue weighted by atomic mass is 19.4. The molecule has 0 aliphatic heterocycles. The maximum Gasteiger partial charge on any atom is 0.522 e. The van der Waals surface area contributed by atoms with Crippen molar-refractivity contribution in [2.45, 2.75) is 80.3 Å². The summed E-state index contributed by atoms with van der Waals surface area (Å²) < 4.78 is 117. The molecule has 1 aliphatic rings. The molecule has 3 rings (SSSR count). The average molecular weight is 607 g/mol. The van der Waals surface area contributed by atoms with E-state index in [9.17, 15) is 35.1 Å². The summed E-state index contributed by atoms with van der Waals surface area (Å²) in [5.74, 6) is -3.28. The van der Waals surface area contributed by atoms with Crippen molar-refractivity contribution in [1.82, 2.24) is 0 Å². The maximum absolute atomic E-state index is 12.7. The zero-order valence-corrected chi connectivity index (χ0v) is 25.0. The van der Waals surface area contributed by atoms with E-state index in [1.165, 1.54) is 26.2 Å². The summed E-state index contributed by atoms with van der Waals surface area (Å²) in [6, 6.07) is 8.72. The zero-order valence-electron chi connectivity index (χ0n) is 25.0.